The van der Waals surface area contributed by atoms with Crippen LogP contribution in [0.1, 0.15) is 6.92 Å². The first-order valence-electron chi connectivity index (χ1n) is 4.92. The number of rotatable bonds is 2. The van der Waals surface area contributed by atoms with Crippen LogP contribution in [0.4, 0.5) is 5.82 Å². The average Bonchev–Trinajstić information content (AvgIpc) is 2.75. The van der Waals surface area contributed by atoms with Gasteiger partial charge in [0.05, 0.1) is 0 Å². The van der Waals surface area contributed by atoms with E-state index in [9.17, 15) is 9.90 Å². The summed E-state index contributed by atoms with van der Waals surface area (Å²) in [5, 5.41) is 10.8. The van der Waals surface area contributed by atoms with Crippen LogP contribution in [0.25, 0.3) is 0 Å². The fourth-order valence-electron chi connectivity index (χ4n) is 1.66. The van der Waals surface area contributed by atoms with Crippen LogP contribution in [0.5, 0.6) is 0 Å². The zero-order valence-corrected chi connectivity index (χ0v) is 11.2. The van der Waals surface area contributed by atoms with Crippen molar-refractivity contribution < 1.29 is 9.90 Å². The van der Waals surface area contributed by atoms with Crippen LogP contribution in [-0.4, -0.2) is 33.0 Å². The summed E-state index contributed by atoms with van der Waals surface area (Å²) in [5.41, 5.74) is 0.452. The predicted molar refractivity (Wildman–Crippen MR) is 67.0 cm³/mol. The molecule has 0 aromatic carbocycles. The molecule has 0 bridgehead atoms. The summed E-state index contributed by atoms with van der Waals surface area (Å²) in [5.74, 6) is -0.00762. The molecule has 92 valence electrons. The Labute approximate surface area is 108 Å². The van der Waals surface area contributed by atoms with E-state index in [0.717, 1.165) is 5.16 Å². The minimum absolute atomic E-state index is 0.0638. The lowest BCUT2D eigenvalue weighted by atomic mass is 10.3. The first-order valence-corrected chi connectivity index (χ1v) is 6.53. The van der Waals surface area contributed by atoms with E-state index in [4.69, 9.17) is 11.6 Å². The molecule has 1 amide bonds. The van der Waals surface area contributed by atoms with Crippen molar-refractivity contribution in [2.75, 3.05) is 11.2 Å². The van der Waals surface area contributed by atoms with E-state index >= 15 is 0 Å². The summed E-state index contributed by atoms with van der Waals surface area (Å²) in [6.07, 6.45) is 2.56. The molecule has 17 heavy (non-hydrogen) atoms. The maximum atomic E-state index is 11.9. The first kappa shape index (κ1) is 12.5. The Morgan fingerprint density at radius 3 is 2.65 bits per heavy atom. The molecule has 0 saturated carbocycles. The maximum Gasteiger partial charge on any atom is 0.273 e. The Morgan fingerprint density at radius 1 is 1.59 bits per heavy atom. The molecule has 0 aliphatic carbocycles. The van der Waals surface area contributed by atoms with Gasteiger partial charge in [0.25, 0.3) is 5.91 Å². The number of carbonyl (C=O) groups is 1. The topological polar surface area (TPSA) is 58.4 Å². The van der Waals surface area contributed by atoms with E-state index in [-0.39, 0.29) is 5.03 Å². The number of nitrogens with zero attached hydrogens (tertiary/aromatic N) is 3. The number of halogens is 1. The summed E-state index contributed by atoms with van der Waals surface area (Å²) >= 11 is 7.29. The molecule has 2 heterocycles. The summed E-state index contributed by atoms with van der Waals surface area (Å²) in [6, 6.07) is 0. The summed E-state index contributed by atoms with van der Waals surface area (Å²) in [6.45, 7) is 1.63. The number of anilines is 1. The lowest BCUT2D eigenvalue weighted by Gasteiger charge is -2.18. The average molecular weight is 274 g/mol. The van der Waals surface area contributed by atoms with Crippen LogP contribution >= 0.6 is 23.4 Å². The Kier molecular flexibility index (Phi) is 3.20. The lowest BCUT2D eigenvalue weighted by Crippen LogP contribution is -2.35. The van der Waals surface area contributed by atoms with Gasteiger partial charge in [0.15, 0.2) is 17.2 Å². The SMILES string of the molecule is CSc1nc(N2C(=O)C(Cl)=C(C)C2O)cn1C. The third-order valence-electron chi connectivity index (χ3n) is 2.64. The van der Waals surface area contributed by atoms with Gasteiger partial charge in [-0.15, -0.1) is 0 Å². The molecule has 7 heteroatoms. The van der Waals surface area contributed by atoms with Gasteiger partial charge >= 0.3 is 0 Å². The van der Waals surface area contributed by atoms with Gasteiger partial charge in [-0.25, -0.2) is 4.98 Å². The van der Waals surface area contributed by atoms with Gasteiger partial charge in [0.2, 0.25) is 0 Å². The molecule has 0 fully saturated rings. The number of aliphatic hydroxyl groups excluding tert-OH is 1. The van der Waals surface area contributed by atoms with E-state index in [2.05, 4.69) is 4.98 Å². The van der Waals surface area contributed by atoms with Gasteiger partial charge in [0.1, 0.15) is 5.03 Å². The number of hydrogen-bond acceptors (Lipinski definition) is 4. The quantitative estimate of drug-likeness (QED) is 0.826. The molecule has 5 nitrogen and oxygen atoms in total. The predicted octanol–water partition coefficient (Wildman–Crippen LogP) is 1.32. The zero-order valence-electron chi connectivity index (χ0n) is 9.64. The molecular formula is C10H12ClN3O2S. The van der Waals surface area contributed by atoms with Gasteiger partial charge in [-0.05, 0) is 13.2 Å². The lowest BCUT2D eigenvalue weighted by molar-refractivity contribution is -0.115. The number of hydrogen-bond donors (Lipinski definition) is 1. The van der Waals surface area contributed by atoms with Gasteiger partial charge in [-0.3, -0.25) is 9.69 Å². The standard InChI is InChI=1S/C10H12ClN3O2S/c1-5-7(11)9(16)14(8(5)15)6-4-13(2)10(12-6)17-3/h4,8,15H,1-3H3. The zero-order chi connectivity index (χ0) is 12.7. The highest BCUT2D eigenvalue weighted by Crippen LogP contribution is 2.31. The Hall–Kier alpha value is -0.980. The van der Waals surface area contributed by atoms with Gasteiger partial charge in [-0.2, -0.15) is 0 Å². The molecular weight excluding hydrogens is 262 g/mol. The fourth-order valence-corrected chi connectivity index (χ4v) is 2.38. The van der Waals surface area contributed by atoms with Crippen LogP contribution in [0.3, 0.4) is 0 Å². The first-order chi connectivity index (χ1) is 7.97. The number of amides is 1. The van der Waals surface area contributed by atoms with E-state index in [1.54, 1.807) is 17.7 Å². The maximum absolute atomic E-state index is 11.9. The second kappa shape index (κ2) is 4.36. The molecule has 1 aromatic rings. The summed E-state index contributed by atoms with van der Waals surface area (Å²) in [7, 11) is 1.83. The monoisotopic (exact) mass is 273 g/mol. The van der Waals surface area contributed by atoms with Crippen LogP contribution in [-0.2, 0) is 11.8 Å². The molecule has 2 rings (SSSR count). The third kappa shape index (κ3) is 1.86. The summed E-state index contributed by atoms with van der Waals surface area (Å²) in [4.78, 5) is 17.3. The third-order valence-corrected chi connectivity index (χ3v) is 3.84. The minimum Gasteiger partial charge on any atom is -0.369 e. The van der Waals surface area contributed by atoms with Gasteiger partial charge in [-0.1, -0.05) is 23.4 Å². The summed E-state index contributed by atoms with van der Waals surface area (Å²) < 4.78 is 1.79. The van der Waals surface area contributed by atoms with Crippen molar-refractivity contribution in [1.82, 2.24) is 9.55 Å². The highest BCUT2D eigenvalue weighted by Gasteiger charge is 2.37. The van der Waals surface area contributed by atoms with E-state index in [1.165, 1.54) is 16.7 Å². The van der Waals surface area contributed by atoms with Crippen molar-refractivity contribution in [3.63, 3.8) is 0 Å². The van der Waals surface area contributed by atoms with Crippen LogP contribution < -0.4 is 4.90 Å². The largest absolute Gasteiger partial charge is 0.369 e. The second-order valence-electron chi connectivity index (χ2n) is 3.74. The number of aliphatic hydroxyl groups is 1. The molecule has 1 N–H and O–H groups in total. The normalized spacial score (nSPS) is 20.6. The Balaban J connectivity index is 2.39. The highest BCUT2D eigenvalue weighted by atomic mass is 35.5. The van der Waals surface area contributed by atoms with Crippen LogP contribution in [0.15, 0.2) is 22.0 Å². The molecule has 1 atom stereocenters. The molecule has 1 aliphatic rings. The van der Waals surface area contributed by atoms with Crippen molar-refractivity contribution in [1.29, 1.82) is 0 Å². The van der Waals surface area contributed by atoms with Crippen LogP contribution in [0, 0.1) is 0 Å². The van der Waals surface area contributed by atoms with Crippen molar-refractivity contribution in [3.8, 4) is 0 Å². The molecule has 1 aromatic heterocycles. The second-order valence-corrected chi connectivity index (χ2v) is 4.89. The van der Waals surface area contributed by atoms with Gasteiger partial charge in [0, 0.05) is 18.8 Å². The molecule has 1 unspecified atom stereocenters. The Bertz CT molecular complexity index is 512. The molecule has 0 spiro atoms. The van der Waals surface area contributed by atoms with E-state index in [0.29, 0.717) is 11.4 Å². The van der Waals surface area contributed by atoms with Gasteiger partial charge < -0.3 is 9.67 Å². The number of imidazole rings is 1. The van der Waals surface area contributed by atoms with E-state index < -0.39 is 12.1 Å². The van der Waals surface area contributed by atoms with Crippen molar-refractivity contribution in [3.05, 3.63) is 16.8 Å². The molecule has 0 radical (unpaired) electrons. The van der Waals surface area contributed by atoms with Crippen molar-refractivity contribution >= 4 is 35.1 Å². The number of aryl methyl sites for hydroxylation is 1. The molecule has 0 saturated heterocycles. The number of carbonyl (C=O) groups excluding carboxylic acids is 1. The molecule has 1 aliphatic heterocycles. The smallest absolute Gasteiger partial charge is 0.273 e. The van der Waals surface area contributed by atoms with Crippen molar-refractivity contribution in [2.24, 2.45) is 7.05 Å². The number of thioether (sulfide) groups is 1. The fraction of sp³-hybridized carbons (Fsp3) is 0.400. The van der Waals surface area contributed by atoms with E-state index in [1.807, 2.05) is 13.3 Å². The minimum atomic E-state index is -1.03. The van der Waals surface area contributed by atoms with Crippen LogP contribution in [0.2, 0.25) is 0 Å². The van der Waals surface area contributed by atoms with Crippen molar-refractivity contribution in [2.45, 2.75) is 18.3 Å². The highest BCUT2D eigenvalue weighted by molar-refractivity contribution is 7.98. The number of aromatic nitrogens is 2. The Morgan fingerprint density at radius 2 is 2.24 bits per heavy atom.